The van der Waals surface area contributed by atoms with Gasteiger partial charge in [-0.1, -0.05) is 83.9 Å². The summed E-state index contributed by atoms with van der Waals surface area (Å²) < 4.78 is 28.9. The van der Waals surface area contributed by atoms with E-state index in [2.05, 4.69) is 5.32 Å². The standard InChI is InChI=1S/C31H34Cl3N3O4S/c1-21-11-14-27(15-12-21)42(40,41)37(26-10-6-7-24(32)18-26)20-30(38)36(19-23-13-16-28(33)29(34)17-23)22(2)31(39)35-25-8-4-3-5-9-25/h6-7,10-18,22,25H,3-5,8-9,19-20H2,1-2H3,(H,35,39). The van der Waals surface area contributed by atoms with Crippen LogP contribution in [-0.2, 0) is 26.2 Å². The van der Waals surface area contributed by atoms with Crippen LogP contribution in [0.15, 0.2) is 71.6 Å². The van der Waals surface area contributed by atoms with Gasteiger partial charge in [-0.25, -0.2) is 8.42 Å². The second kappa shape index (κ2) is 14.1. The predicted octanol–water partition coefficient (Wildman–Crippen LogP) is 7.02. The van der Waals surface area contributed by atoms with Crippen LogP contribution in [0.25, 0.3) is 0 Å². The van der Waals surface area contributed by atoms with Gasteiger partial charge in [-0.2, -0.15) is 0 Å². The first-order chi connectivity index (χ1) is 20.0. The Kier molecular flexibility index (Phi) is 10.8. The number of rotatable bonds is 10. The van der Waals surface area contributed by atoms with Crippen LogP contribution in [0, 0.1) is 6.92 Å². The highest BCUT2D eigenvalue weighted by atomic mass is 35.5. The van der Waals surface area contributed by atoms with Crippen LogP contribution in [0.1, 0.15) is 50.2 Å². The Morgan fingerprint density at radius 2 is 1.62 bits per heavy atom. The zero-order chi connectivity index (χ0) is 30.4. The molecular formula is C31H34Cl3N3O4S. The molecule has 0 spiro atoms. The largest absolute Gasteiger partial charge is 0.352 e. The number of halogens is 3. The fraction of sp³-hybridized carbons (Fsp3) is 0.355. The Hall–Kier alpha value is -2.78. The molecular weight excluding hydrogens is 617 g/mol. The van der Waals surface area contributed by atoms with Crippen molar-refractivity contribution < 1.29 is 18.0 Å². The van der Waals surface area contributed by atoms with Crippen LogP contribution in [0.2, 0.25) is 15.1 Å². The minimum atomic E-state index is -4.18. The molecule has 0 radical (unpaired) electrons. The molecule has 1 saturated carbocycles. The lowest BCUT2D eigenvalue weighted by atomic mass is 9.95. The van der Waals surface area contributed by atoms with E-state index in [4.69, 9.17) is 34.8 Å². The van der Waals surface area contributed by atoms with E-state index in [1.165, 1.54) is 23.1 Å². The van der Waals surface area contributed by atoms with E-state index in [0.717, 1.165) is 42.0 Å². The number of aryl methyl sites for hydroxylation is 1. The van der Waals surface area contributed by atoms with Crippen molar-refractivity contribution in [1.29, 1.82) is 0 Å². The topological polar surface area (TPSA) is 86.8 Å². The molecule has 42 heavy (non-hydrogen) atoms. The van der Waals surface area contributed by atoms with Crippen LogP contribution < -0.4 is 9.62 Å². The van der Waals surface area contributed by atoms with Crippen molar-refractivity contribution >= 4 is 62.3 Å². The minimum Gasteiger partial charge on any atom is -0.352 e. The van der Waals surface area contributed by atoms with E-state index in [1.54, 1.807) is 55.5 Å². The Labute approximate surface area is 262 Å². The average Bonchev–Trinajstić information content (AvgIpc) is 2.96. The average molecular weight is 651 g/mol. The van der Waals surface area contributed by atoms with Crippen molar-refractivity contribution in [3.8, 4) is 0 Å². The Morgan fingerprint density at radius 1 is 0.929 bits per heavy atom. The predicted molar refractivity (Wildman–Crippen MR) is 169 cm³/mol. The van der Waals surface area contributed by atoms with Gasteiger partial charge in [0.1, 0.15) is 12.6 Å². The van der Waals surface area contributed by atoms with Gasteiger partial charge in [-0.05, 0) is 74.7 Å². The second-order valence-electron chi connectivity index (χ2n) is 10.6. The fourth-order valence-corrected chi connectivity index (χ4v) is 6.89. The number of benzene rings is 3. The number of carbonyl (C=O) groups excluding carboxylic acids is 2. The summed E-state index contributed by atoms with van der Waals surface area (Å²) in [7, 11) is -4.18. The zero-order valence-corrected chi connectivity index (χ0v) is 26.6. The van der Waals surface area contributed by atoms with Gasteiger partial charge in [-0.3, -0.25) is 13.9 Å². The van der Waals surface area contributed by atoms with Gasteiger partial charge in [-0.15, -0.1) is 0 Å². The monoisotopic (exact) mass is 649 g/mol. The van der Waals surface area contributed by atoms with Gasteiger partial charge in [0.05, 0.1) is 20.6 Å². The van der Waals surface area contributed by atoms with Gasteiger partial charge in [0.2, 0.25) is 11.8 Å². The van der Waals surface area contributed by atoms with Crippen molar-refractivity contribution in [2.45, 2.75) is 69.5 Å². The fourth-order valence-electron chi connectivity index (χ4n) is 4.98. The smallest absolute Gasteiger partial charge is 0.264 e. The molecule has 3 aromatic rings. The van der Waals surface area contributed by atoms with Crippen LogP contribution in [0.3, 0.4) is 0 Å². The molecule has 1 N–H and O–H groups in total. The number of amides is 2. The van der Waals surface area contributed by atoms with E-state index in [9.17, 15) is 18.0 Å². The molecule has 0 saturated heterocycles. The lowest BCUT2D eigenvalue weighted by molar-refractivity contribution is -0.139. The molecule has 0 aliphatic heterocycles. The summed E-state index contributed by atoms with van der Waals surface area (Å²) in [4.78, 5) is 28.9. The molecule has 224 valence electrons. The number of sulfonamides is 1. The van der Waals surface area contributed by atoms with Crippen molar-refractivity contribution in [3.05, 3.63) is 92.9 Å². The molecule has 11 heteroatoms. The number of anilines is 1. The van der Waals surface area contributed by atoms with E-state index in [1.807, 2.05) is 6.92 Å². The molecule has 0 heterocycles. The summed E-state index contributed by atoms with van der Waals surface area (Å²) in [6.45, 7) is 2.96. The van der Waals surface area contributed by atoms with E-state index in [0.29, 0.717) is 20.6 Å². The normalized spacial score (nSPS) is 14.7. The lowest BCUT2D eigenvalue weighted by Gasteiger charge is -2.33. The number of hydrogen-bond acceptors (Lipinski definition) is 4. The maximum Gasteiger partial charge on any atom is 0.264 e. The first-order valence-corrected chi connectivity index (χ1v) is 16.4. The summed E-state index contributed by atoms with van der Waals surface area (Å²) in [5, 5.41) is 4.07. The van der Waals surface area contributed by atoms with Gasteiger partial charge in [0, 0.05) is 17.6 Å². The van der Waals surface area contributed by atoms with Gasteiger partial charge < -0.3 is 10.2 Å². The highest BCUT2D eigenvalue weighted by molar-refractivity contribution is 7.92. The summed E-state index contributed by atoms with van der Waals surface area (Å²) >= 11 is 18.6. The second-order valence-corrected chi connectivity index (χ2v) is 13.7. The van der Waals surface area contributed by atoms with E-state index < -0.39 is 28.5 Å². The summed E-state index contributed by atoms with van der Waals surface area (Å²) in [5.74, 6) is -0.867. The summed E-state index contributed by atoms with van der Waals surface area (Å²) in [5.41, 5.74) is 1.76. The Balaban J connectivity index is 1.69. The zero-order valence-electron chi connectivity index (χ0n) is 23.5. The van der Waals surface area contributed by atoms with E-state index >= 15 is 0 Å². The SMILES string of the molecule is Cc1ccc(S(=O)(=O)N(CC(=O)N(Cc2ccc(Cl)c(Cl)c2)C(C)C(=O)NC2CCCCC2)c2cccc(Cl)c2)cc1. The number of hydrogen-bond donors (Lipinski definition) is 1. The molecule has 0 bridgehead atoms. The van der Waals surface area contributed by atoms with Gasteiger partial charge in [0.15, 0.2) is 0 Å². The quantitative estimate of drug-likeness (QED) is 0.256. The van der Waals surface area contributed by atoms with Crippen molar-refractivity contribution in [3.63, 3.8) is 0 Å². The van der Waals surface area contributed by atoms with Crippen LogP contribution in [0.4, 0.5) is 5.69 Å². The van der Waals surface area contributed by atoms with Gasteiger partial charge >= 0.3 is 0 Å². The maximum absolute atomic E-state index is 14.1. The number of nitrogens with one attached hydrogen (secondary N) is 1. The van der Waals surface area contributed by atoms with Crippen LogP contribution in [0.5, 0.6) is 0 Å². The highest BCUT2D eigenvalue weighted by Gasteiger charge is 2.33. The molecule has 4 rings (SSSR count). The number of carbonyl (C=O) groups is 2. The molecule has 1 atom stereocenters. The van der Waals surface area contributed by atoms with Gasteiger partial charge in [0.25, 0.3) is 10.0 Å². The molecule has 1 unspecified atom stereocenters. The molecule has 1 aliphatic carbocycles. The van der Waals surface area contributed by atoms with Crippen molar-refractivity contribution in [2.24, 2.45) is 0 Å². The molecule has 1 aliphatic rings. The van der Waals surface area contributed by atoms with E-state index in [-0.39, 0.29) is 29.1 Å². The third-order valence-electron chi connectivity index (χ3n) is 7.44. The summed E-state index contributed by atoms with van der Waals surface area (Å²) in [6.07, 6.45) is 4.99. The lowest BCUT2D eigenvalue weighted by Crippen LogP contribution is -2.53. The third kappa shape index (κ3) is 7.98. The molecule has 7 nitrogen and oxygen atoms in total. The molecule has 2 amide bonds. The van der Waals surface area contributed by atoms with Crippen molar-refractivity contribution in [2.75, 3.05) is 10.8 Å². The summed E-state index contributed by atoms with van der Waals surface area (Å²) in [6, 6.07) is 16.8. The first-order valence-electron chi connectivity index (χ1n) is 13.8. The third-order valence-corrected chi connectivity index (χ3v) is 10.2. The van der Waals surface area contributed by atoms with Crippen LogP contribution in [-0.4, -0.2) is 43.8 Å². The van der Waals surface area contributed by atoms with Crippen molar-refractivity contribution in [1.82, 2.24) is 10.2 Å². The Bertz CT molecular complexity index is 1530. The maximum atomic E-state index is 14.1. The number of nitrogens with zero attached hydrogens (tertiary/aromatic N) is 2. The minimum absolute atomic E-state index is 0.0168. The van der Waals surface area contributed by atoms with Crippen LogP contribution >= 0.6 is 34.8 Å². The molecule has 3 aromatic carbocycles. The highest BCUT2D eigenvalue weighted by Crippen LogP contribution is 2.28. The Morgan fingerprint density at radius 3 is 2.26 bits per heavy atom. The molecule has 0 aromatic heterocycles. The molecule has 1 fully saturated rings. The first kappa shape index (κ1) is 32.1.